The second-order valence-corrected chi connectivity index (χ2v) is 5.26. The van der Waals surface area contributed by atoms with Gasteiger partial charge in [-0.2, -0.15) is 0 Å². The van der Waals surface area contributed by atoms with Gasteiger partial charge in [0.25, 0.3) is 0 Å². The van der Waals surface area contributed by atoms with E-state index in [4.69, 9.17) is 9.47 Å². The van der Waals surface area contributed by atoms with E-state index in [9.17, 15) is 0 Å². The van der Waals surface area contributed by atoms with E-state index in [0.717, 1.165) is 13.1 Å². The van der Waals surface area contributed by atoms with Crippen LogP contribution < -0.4 is 5.32 Å². The summed E-state index contributed by atoms with van der Waals surface area (Å²) in [6.45, 7) is 11.3. The van der Waals surface area contributed by atoms with Gasteiger partial charge in [-0.3, -0.25) is 0 Å². The average Bonchev–Trinajstić information content (AvgIpc) is 2.59. The Balaban J connectivity index is 2.30. The molecule has 0 atom stereocenters. The maximum atomic E-state index is 5.47. The first-order valence-corrected chi connectivity index (χ1v) is 6.98. The van der Waals surface area contributed by atoms with Crippen molar-refractivity contribution in [1.82, 2.24) is 5.32 Å². The molecule has 1 aromatic heterocycles. The van der Waals surface area contributed by atoms with Crippen LogP contribution in [0.25, 0.3) is 0 Å². The summed E-state index contributed by atoms with van der Waals surface area (Å²) >= 11 is 1.85. The van der Waals surface area contributed by atoms with Crippen molar-refractivity contribution >= 4 is 11.3 Å². The molecule has 0 fully saturated rings. The molecule has 0 aliphatic heterocycles. The van der Waals surface area contributed by atoms with Crippen molar-refractivity contribution < 1.29 is 9.47 Å². The van der Waals surface area contributed by atoms with Crippen LogP contribution >= 0.6 is 11.3 Å². The van der Waals surface area contributed by atoms with Crippen LogP contribution in [-0.4, -0.2) is 26.0 Å². The minimum atomic E-state index is -0.132. The summed E-state index contributed by atoms with van der Waals surface area (Å²) in [6.07, 6.45) is -0.132. The third-order valence-corrected chi connectivity index (χ3v) is 3.68. The van der Waals surface area contributed by atoms with Gasteiger partial charge in [0.15, 0.2) is 6.29 Å². The molecule has 1 aromatic rings. The Morgan fingerprint density at radius 3 is 2.35 bits per heavy atom. The second kappa shape index (κ2) is 7.82. The molecule has 0 unspecified atom stereocenters. The first kappa shape index (κ1) is 14.6. The largest absolute Gasteiger partial charge is 0.352 e. The molecule has 0 aromatic carbocycles. The predicted octanol–water partition coefficient (Wildman–Crippen LogP) is 2.85. The zero-order valence-electron chi connectivity index (χ0n) is 11.2. The summed E-state index contributed by atoms with van der Waals surface area (Å²) in [5, 5.41) is 3.37. The molecule has 0 saturated carbocycles. The van der Waals surface area contributed by atoms with Gasteiger partial charge in [-0.05, 0) is 39.3 Å². The summed E-state index contributed by atoms with van der Waals surface area (Å²) in [5.74, 6) is 0. The Labute approximate surface area is 108 Å². The summed E-state index contributed by atoms with van der Waals surface area (Å²) < 4.78 is 10.9. The van der Waals surface area contributed by atoms with Gasteiger partial charge >= 0.3 is 0 Å². The van der Waals surface area contributed by atoms with Crippen LogP contribution in [0.2, 0.25) is 0 Å². The van der Waals surface area contributed by atoms with E-state index in [-0.39, 0.29) is 6.29 Å². The number of aryl methyl sites for hydroxylation is 2. The molecule has 1 N–H and O–H groups in total. The van der Waals surface area contributed by atoms with Crippen LogP contribution in [-0.2, 0) is 16.0 Å². The SMILES string of the molecule is CCOC(CNCc1cc(C)c(C)s1)OCC. The lowest BCUT2D eigenvalue weighted by Crippen LogP contribution is -2.31. The molecule has 0 spiro atoms. The van der Waals surface area contributed by atoms with Crippen molar-refractivity contribution in [2.45, 2.75) is 40.5 Å². The third-order valence-electron chi connectivity index (χ3n) is 2.53. The summed E-state index contributed by atoms with van der Waals surface area (Å²) in [5.41, 5.74) is 1.37. The predicted molar refractivity (Wildman–Crippen MR) is 72.5 cm³/mol. The molecule has 0 aliphatic carbocycles. The fourth-order valence-corrected chi connectivity index (χ4v) is 2.61. The van der Waals surface area contributed by atoms with Crippen LogP contribution in [0, 0.1) is 13.8 Å². The number of rotatable bonds is 8. The fraction of sp³-hybridized carbons (Fsp3) is 0.692. The maximum absolute atomic E-state index is 5.47. The topological polar surface area (TPSA) is 30.5 Å². The molecule has 0 aliphatic rings. The molecule has 4 heteroatoms. The van der Waals surface area contributed by atoms with Gasteiger partial charge in [0, 0.05) is 36.1 Å². The highest BCUT2D eigenvalue weighted by molar-refractivity contribution is 7.12. The Morgan fingerprint density at radius 2 is 1.88 bits per heavy atom. The minimum Gasteiger partial charge on any atom is -0.352 e. The smallest absolute Gasteiger partial charge is 0.169 e. The second-order valence-electron chi connectivity index (χ2n) is 3.92. The lowest BCUT2D eigenvalue weighted by atomic mass is 10.3. The fourth-order valence-electron chi connectivity index (χ4n) is 1.59. The number of nitrogens with one attached hydrogen (secondary N) is 1. The normalized spacial score (nSPS) is 11.4. The molecule has 0 saturated heterocycles. The highest BCUT2D eigenvalue weighted by Gasteiger charge is 2.07. The van der Waals surface area contributed by atoms with Crippen molar-refractivity contribution in [1.29, 1.82) is 0 Å². The van der Waals surface area contributed by atoms with Gasteiger partial charge < -0.3 is 14.8 Å². The van der Waals surface area contributed by atoms with Crippen molar-refractivity contribution in [2.24, 2.45) is 0 Å². The van der Waals surface area contributed by atoms with E-state index >= 15 is 0 Å². The van der Waals surface area contributed by atoms with E-state index in [1.807, 2.05) is 25.2 Å². The van der Waals surface area contributed by atoms with E-state index < -0.39 is 0 Å². The van der Waals surface area contributed by atoms with Crippen LogP contribution in [0.4, 0.5) is 0 Å². The lowest BCUT2D eigenvalue weighted by molar-refractivity contribution is -0.133. The number of ether oxygens (including phenoxy) is 2. The third kappa shape index (κ3) is 5.17. The molecular formula is C13H23NO2S. The van der Waals surface area contributed by atoms with Gasteiger partial charge in [0.1, 0.15) is 0 Å². The van der Waals surface area contributed by atoms with E-state index in [0.29, 0.717) is 13.2 Å². The van der Waals surface area contributed by atoms with Gasteiger partial charge in [-0.25, -0.2) is 0 Å². The Bertz CT molecular complexity index is 300. The Morgan fingerprint density at radius 1 is 1.24 bits per heavy atom. The van der Waals surface area contributed by atoms with Gasteiger partial charge in [0.2, 0.25) is 0 Å². The minimum absolute atomic E-state index is 0.132. The molecule has 1 rings (SSSR count). The van der Waals surface area contributed by atoms with Crippen molar-refractivity contribution in [3.63, 3.8) is 0 Å². The number of hydrogen-bond acceptors (Lipinski definition) is 4. The number of hydrogen-bond donors (Lipinski definition) is 1. The number of thiophene rings is 1. The Hall–Kier alpha value is -0.420. The first-order valence-electron chi connectivity index (χ1n) is 6.17. The highest BCUT2D eigenvalue weighted by atomic mass is 32.1. The van der Waals surface area contributed by atoms with Crippen LogP contribution in [0.15, 0.2) is 6.07 Å². The molecule has 0 amide bonds. The van der Waals surface area contributed by atoms with E-state index in [1.165, 1.54) is 15.3 Å². The standard InChI is InChI=1S/C13H23NO2S/c1-5-15-13(16-6-2)9-14-8-12-7-10(3)11(4)17-12/h7,13-14H,5-6,8-9H2,1-4H3. The Kier molecular flexibility index (Phi) is 6.73. The summed E-state index contributed by atoms with van der Waals surface area (Å²) in [7, 11) is 0. The van der Waals surface area contributed by atoms with Gasteiger partial charge in [0.05, 0.1) is 0 Å². The molecule has 0 bridgehead atoms. The first-order chi connectivity index (χ1) is 8.17. The van der Waals surface area contributed by atoms with Crippen molar-refractivity contribution in [2.75, 3.05) is 19.8 Å². The summed E-state index contributed by atoms with van der Waals surface area (Å²) in [6, 6.07) is 2.24. The molecule has 98 valence electrons. The van der Waals surface area contributed by atoms with Gasteiger partial charge in [-0.15, -0.1) is 11.3 Å². The maximum Gasteiger partial charge on any atom is 0.169 e. The molecule has 17 heavy (non-hydrogen) atoms. The monoisotopic (exact) mass is 257 g/mol. The van der Waals surface area contributed by atoms with Crippen molar-refractivity contribution in [3.8, 4) is 0 Å². The van der Waals surface area contributed by atoms with E-state index in [1.54, 1.807) is 0 Å². The molecule has 0 radical (unpaired) electrons. The molecular weight excluding hydrogens is 234 g/mol. The van der Waals surface area contributed by atoms with Crippen molar-refractivity contribution in [3.05, 3.63) is 21.4 Å². The van der Waals surface area contributed by atoms with Crippen LogP contribution in [0.3, 0.4) is 0 Å². The van der Waals surface area contributed by atoms with Crippen LogP contribution in [0.5, 0.6) is 0 Å². The molecule has 3 nitrogen and oxygen atoms in total. The zero-order chi connectivity index (χ0) is 12.7. The van der Waals surface area contributed by atoms with Crippen LogP contribution in [0.1, 0.15) is 29.2 Å². The zero-order valence-corrected chi connectivity index (χ0v) is 12.0. The molecule has 1 heterocycles. The average molecular weight is 257 g/mol. The summed E-state index contributed by atoms with van der Waals surface area (Å²) in [4.78, 5) is 2.76. The quantitative estimate of drug-likeness (QED) is 0.726. The highest BCUT2D eigenvalue weighted by Crippen LogP contribution is 2.20. The van der Waals surface area contributed by atoms with E-state index in [2.05, 4.69) is 25.2 Å². The lowest BCUT2D eigenvalue weighted by Gasteiger charge is -2.17. The van der Waals surface area contributed by atoms with Gasteiger partial charge in [-0.1, -0.05) is 0 Å².